The van der Waals surface area contributed by atoms with E-state index in [4.69, 9.17) is 5.11 Å². The molecule has 0 aromatic carbocycles. The Morgan fingerprint density at radius 2 is 1.86 bits per heavy atom. The molecule has 14 heavy (non-hydrogen) atoms. The van der Waals surface area contributed by atoms with E-state index in [9.17, 15) is 20.1 Å². The highest BCUT2D eigenvalue weighted by Gasteiger charge is 2.39. The van der Waals surface area contributed by atoms with Gasteiger partial charge in [-0.2, -0.15) is 0 Å². The number of aliphatic hydroxyl groups is 4. The fourth-order valence-electron chi connectivity index (χ4n) is 1.26. The van der Waals surface area contributed by atoms with Gasteiger partial charge in [0.1, 0.15) is 24.4 Å². The van der Waals surface area contributed by atoms with Crippen molar-refractivity contribution in [2.45, 2.75) is 24.4 Å². The van der Waals surface area contributed by atoms with Gasteiger partial charge in [-0.15, -0.1) is 0 Å². The third kappa shape index (κ3) is 1.78. The van der Waals surface area contributed by atoms with Crippen LogP contribution >= 0.6 is 0 Å². The molecular weight excluding hydrogens is 192 g/mol. The molecule has 80 valence electrons. The number of aliphatic hydroxyl groups excluding tert-OH is 4. The van der Waals surface area contributed by atoms with Crippen molar-refractivity contribution in [2.75, 3.05) is 7.11 Å². The minimum Gasteiger partial charge on any atom is -0.466 e. The standard InChI is InChI=1S/C8H12O6/c1-14-8(13)3-2-4(9)6(11)7(12)5(3)10/h2,4-7,9-12H,1H3/t4-,5-,6-,7+/m0/s1. The number of carbonyl (C=O) groups is 1. The zero-order chi connectivity index (χ0) is 10.9. The van der Waals surface area contributed by atoms with E-state index in [0.29, 0.717) is 0 Å². The predicted octanol–water partition coefficient (Wildman–Crippen LogP) is -2.46. The molecule has 0 radical (unpaired) electrons. The van der Waals surface area contributed by atoms with Gasteiger partial charge in [-0.05, 0) is 6.08 Å². The van der Waals surface area contributed by atoms with Crippen LogP contribution in [0.4, 0.5) is 0 Å². The van der Waals surface area contributed by atoms with Gasteiger partial charge < -0.3 is 25.2 Å². The first-order valence-electron chi connectivity index (χ1n) is 4.01. The molecule has 0 unspecified atom stereocenters. The average Bonchev–Trinajstić information content (AvgIpc) is 2.19. The third-order valence-electron chi connectivity index (χ3n) is 2.11. The van der Waals surface area contributed by atoms with Crippen molar-refractivity contribution in [3.63, 3.8) is 0 Å². The molecule has 1 aliphatic rings. The van der Waals surface area contributed by atoms with Crippen molar-refractivity contribution in [3.8, 4) is 0 Å². The van der Waals surface area contributed by atoms with E-state index in [2.05, 4.69) is 4.74 Å². The van der Waals surface area contributed by atoms with Crippen LogP contribution in [0, 0.1) is 0 Å². The summed E-state index contributed by atoms with van der Waals surface area (Å²) in [6.07, 6.45) is -5.06. The quantitative estimate of drug-likeness (QED) is 0.353. The van der Waals surface area contributed by atoms with E-state index < -0.39 is 30.4 Å². The Bertz CT molecular complexity index is 261. The molecule has 0 aliphatic heterocycles. The van der Waals surface area contributed by atoms with Gasteiger partial charge in [-0.25, -0.2) is 4.79 Å². The van der Waals surface area contributed by atoms with Gasteiger partial charge in [0.15, 0.2) is 0 Å². The first kappa shape index (κ1) is 11.1. The first-order valence-corrected chi connectivity index (χ1v) is 4.01. The number of hydrogen-bond acceptors (Lipinski definition) is 6. The maximum Gasteiger partial charge on any atom is 0.336 e. The summed E-state index contributed by atoms with van der Waals surface area (Å²) in [6.45, 7) is 0. The Morgan fingerprint density at radius 3 is 2.36 bits per heavy atom. The molecule has 0 heterocycles. The van der Waals surface area contributed by atoms with Crippen LogP contribution in [0.1, 0.15) is 0 Å². The number of rotatable bonds is 1. The number of esters is 1. The molecule has 0 aromatic heterocycles. The van der Waals surface area contributed by atoms with Crippen LogP contribution in [-0.2, 0) is 9.53 Å². The summed E-state index contributed by atoms with van der Waals surface area (Å²) in [5, 5.41) is 36.9. The molecule has 0 aromatic rings. The fourth-order valence-corrected chi connectivity index (χ4v) is 1.26. The summed E-state index contributed by atoms with van der Waals surface area (Å²) >= 11 is 0. The summed E-state index contributed by atoms with van der Waals surface area (Å²) in [4.78, 5) is 11.0. The largest absolute Gasteiger partial charge is 0.466 e. The van der Waals surface area contributed by atoms with Gasteiger partial charge in [0.25, 0.3) is 0 Å². The van der Waals surface area contributed by atoms with Gasteiger partial charge in [0.05, 0.1) is 12.7 Å². The van der Waals surface area contributed by atoms with Crippen LogP contribution < -0.4 is 0 Å². The summed E-state index contributed by atoms with van der Waals surface area (Å²) in [6, 6.07) is 0. The lowest BCUT2D eigenvalue weighted by atomic mass is 9.89. The number of carbonyl (C=O) groups excluding carboxylic acids is 1. The second-order valence-electron chi connectivity index (χ2n) is 3.03. The minimum atomic E-state index is -1.59. The molecule has 0 saturated heterocycles. The van der Waals surface area contributed by atoms with E-state index in [1.807, 2.05) is 0 Å². The molecule has 4 atom stereocenters. The smallest absolute Gasteiger partial charge is 0.336 e. The molecule has 0 saturated carbocycles. The van der Waals surface area contributed by atoms with Crippen molar-refractivity contribution in [2.24, 2.45) is 0 Å². The minimum absolute atomic E-state index is 0.252. The van der Waals surface area contributed by atoms with Crippen LogP contribution in [0.15, 0.2) is 11.6 Å². The predicted molar refractivity (Wildman–Crippen MR) is 44.1 cm³/mol. The molecule has 4 N–H and O–H groups in total. The summed E-state index contributed by atoms with van der Waals surface area (Å²) in [7, 11) is 1.11. The van der Waals surface area contributed by atoms with Crippen LogP contribution in [-0.4, -0.2) is 57.9 Å². The molecule has 6 nitrogen and oxygen atoms in total. The molecular formula is C8H12O6. The maximum atomic E-state index is 11.0. The van der Waals surface area contributed by atoms with Crippen LogP contribution in [0.25, 0.3) is 0 Å². The zero-order valence-corrected chi connectivity index (χ0v) is 7.49. The van der Waals surface area contributed by atoms with Crippen molar-refractivity contribution in [1.29, 1.82) is 0 Å². The van der Waals surface area contributed by atoms with E-state index in [0.717, 1.165) is 13.2 Å². The van der Waals surface area contributed by atoms with Gasteiger partial charge in [-0.1, -0.05) is 0 Å². The average molecular weight is 204 g/mol. The Kier molecular flexibility index (Phi) is 3.22. The van der Waals surface area contributed by atoms with Gasteiger partial charge in [-0.3, -0.25) is 0 Å². The maximum absolute atomic E-state index is 11.0. The molecule has 0 spiro atoms. The SMILES string of the molecule is COC(=O)C1=C[C@H](O)[C@H](O)[C@H](O)[C@H]1O. The topological polar surface area (TPSA) is 107 Å². The van der Waals surface area contributed by atoms with Crippen molar-refractivity contribution >= 4 is 5.97 Å². The van der Waals surface area contributed by atoms with E-state index in [1.165, 1.54) is 0 Å². The molecule has 1 rings (SSSR count). The highest BCUT2D eigenvalue weighted by molar-refractivity contribution is 5.90. The van der Waals surface area contributed by atoms with Crippen LogP contribution in [0.2, 0.25) is 0 Å². The first-order chi connectivity index (χ1) is 6.49. The summed E-state index contributed by atoms with van der Waals surface area (Å²) in [5.74, 6) is -0.845. The second kappa shape index (κ2) is 4.05. The number of methoxy groups -OCH3 is 1. The molecule has 0 bridgehead atoms. The second-order valence-corrected chi connectivity index (χ2v) is 3.03. The highest BCUT2D eigenvalue weighted by Crippen LogP contribution is 2.20. The summed E-state index contributed by atoms with van der Waals surface area (Å²) < 4.78 is 4.32. The lowest BCUT2D eigenvalue weighted by molar-refractivity contribution is -0.142. The van der Waals surface area contributed by atoms with Crippen molar-refractivity contribution in [3.05, 3.63) is 11.6 Å². The monoisotopic (exact) mass is 204 g/mol. The Morgan fingerprint density at radius 1 is 1.29 bits per heavy atom. The zero-order valence-electron chi connectivity index (χ0n) is 7.49. The van der Waals surface area contributed by atoms with E-state index >= 15 is 0 Å². The van der Waals surface area contributed by atoms with Gasteiger partial charge >= 0.3 is 5.97 Å². The molecule has 6 heteroatoms. The fraction of sp³-hybridized carbons (Fsp3) is 0.625. The van der Waals surface area contributed by atoms with Crippen LogP contribution in [0.3, 0.4) is 0 Å². The Hall–Kier alpha value is -0.950. The lowest BCUT2D eigenvalue weighted by Crippen LogP contribution is -2.49. The van der Waals surface area contributed by atoms with Gasteiger partial charge in [0.2, 0.25) is 0 Å². The molecule has 0 amide bonds. The van der Waals surface area contributed by atoms with Crippen molar-refractivity contribution < 1.29 is 30.0 Å². The lowest BCUT2D eigenvalue weighted by Gasteiger charge is -2.30. The van der Waals surface area contributed by atoms with E-state index in [1.54, 1.807) is 0 Å². The third-order valence-corrected chi connectivity index (χ3v) is 2.11. The number of hydrogen-bond donors (Lipinski definition) is 4. The molecule has 1 aliphatic carbocycles. The normalized spacial score (nSPS) is 37.6. The number of ether oxygens (including phenoxy) is 1. The highest BCUT2D eigenvalue weighted by atomic mass is 16.5. The summed E-state index contributed by atoms with van der Waals surface area (Å²) in [5.41, 5.74) is -0.252. The van der Waals surface area contributed by atoms with E-state index in [-0.39, 0.29) is 5.57 Å². The van der Waals surface area contributed by atoms with Gasteiger partial charge in [0, 0.05) is 0 Å². The Labute approximate surface area is 80.1 Å². The van der Waals surface area contributed by atoms with Crippen LogP contribution in [0.5, 0.6) is 0 Å². The molecule has 0 fully saturated rings. The van der Waals surface area contributed by atoms with Crippen molar-refractivity contribution in [1.82, 2.24) is 0 Å². The Balaban J connectivity index is 2.95.